The van der Waals surface area contributed by atoms with E-state index >= 15 is 0 Å². The predicted molar refractivity (Wildman–Crippen MR) is 55.2 cm³/mol. The molecular weight excluding hydrogens is 212 g/mol. The Kier molecular flexibility index (Phi) is 3.00. The average molecular weight is 224 g/mol. The molecule has 1 aliphatic heterocycles. The number of thiazole rings is 1. The molecule has 1 N–H and O–H groups in total. The largest absolute Gasteiger partial charge is 0.384 e. The molecule has 1 aliphatic rings. The van der Waals surface area contributed by atoms with Gasteiger partial charge < -0.3 is 9.84 Å². The van der Waals surface area contributed by atoms with E-state index in [1.165, 1.54) is 11.3 Å². The number of ether oxygens (including phenoxy) is 1. The third-order valence-corrected chi connectivity index (χ3v) is 3.64. The molecule has 1 saturated heterocycles. The van der Waals surface area contributed by atoms with Crippen LogP contribution < -0.4 is 0 Å². The fourth-order valence-corrected chi connectivity index (χ4v) is 2.53. The van der Waals surface area contributed by atoms with Gasteiger partial charge in [0, 0.05) is 24.8 Å². The summed E-state index contributed by atoms with van der Waals surface area (Å²) in [7, 11) is 0. The van der Waals surface area contributed by atoms with Crippen molar-refractivity contribution in [3.8, 4) is 6.07 Å². The molecule has 1 aromatic heterocycles. The third kappa shape index (κ3) is 1.88. The minimum Gasteiger partial charge on any atom is -0.384 e. The molecule has 2 rings (SSSR count). The maximum atomic E-state index is 10.2. The lowest BCUT2D eigenvalue weighted by molar-refractivity contribution is -0.0310. The molecule has 2 heterocycles. The number of aliphatic hydroxyl groups is 1. The van der Waals surface area contributed by atoms with E-state index in [9.17, 15) is 10.4 Å². The summed E-state index contributed by atoms with van der Waals surface area (Å²) in [5.41, 5.74) is -0.712. The SMILES string of the molecule is N#CC1(C(O)c2nccs2)CCOCC1. The van der Waals surface area contributed by atoms with Crippen molar-refractivity contribution in [3.63, 3.8) is 0 Å². The Morgan fingerprint density at radius 1 is 1.60 bits per heavy atom. The molecule has 1 atom stereocenters. The summed E-state index contributed by atoms with van der Waals surface area (Å²) in [6.07, 6.45) is 2.01. The first-order chi connectivity index (χ1) is 7.28. The van der Waals surface area contributed by atoms with Crippen LogP contribution in [0.5, 0.6) is 0 Å². The molecule has 0 saturated carbocycles. The third-order valence-electron chi connectivity index (χ3n) is 2.82. The van der Waals surface area contributed by atoms with Gasteiger partial charge in [0.2, 0.25) is 0 Å². The van der Waals surface area contributed by atoms with Gasteiger partial charge in [-0.3, -0.25) is 0 Å². The van der Waals surface area contributed by atoms with Crippen LogP contribution >= 0.6 is 11.3 Å². The van der Waals surface area contributed by atoms with Gasteiger partial charge in [-0.05, 0) is 12.8 Å². The standard InChI is InChI=1S/C10H12N2O2S/c11-7-10(1-4-14-5-2-10)8(13)9-12-3-6-15-9/h3,6,8,13H,1-2,4-5H2. The Morgan fingerprint density at radius 3 is 2.87 bits per heavy atom. The summed E-state index contributed by atoms with van der Waals surface area (Å²) >= 11 is 1.39. The van der Waals surface area contributed by atoms with Crippen LogP contribution in [-0.2, 0) is 4.74 Å². The molecule has 0 bridgehead atoms. The van der Waals surface area contributed by atoms with Gasteiger partial charge in [-0.1, -0.05) is 0 Å². The zero-order valence-electron chi connectivity index (χ0n) is 8.22. The van der Waals surface area contributed by atoms with Crippen molar-refractivity contribution < 1.29 is 9.84 Å². The highest BCUT2D eigenvalue weighted by molar-refractivity contribution is 7.09. The second-order valence-electron chi connectivity index (χ2n) is 3.65. The van der Waals surface area contributed by atoms with Crippen LogP contribution in [0.3, 0.4) is 0 Å². The van der Waals surface area contributed by atoms with E-state index in [-0.39, 0.29) is 0 Å². The Balaban J connectivity index is 2.23. The minimum absolute atomic E-state index is 0.538. The van der Waals surface area contributed by atoms with Crippen molar-refractivity contribution in [1.82, 2.24) is 4.98 Å². The van der Waals surface area contributed by atoms with Crippen molar-refractivity contribution in [2.24, 2.45) is 5.41 Å². The average Bonchev–Trinajstić information content (AvgIpc) is 2.82. The molecular formula is C10H12N2O2S. The van der Waals surface area contributed by atoms with Crippen molar-refractivity contribution in [1.29, 1.82) is 5.26 Å². The zero-order valence-corrected chi connectivity index (χ0v) is 9.04. The molecule has 0 amide bonds. The minimum atomic E-state index is -0.786. The molecule has 5 heteroatoms. The summed E-state index contributed by atoms with van der Waals surface area (Å²) in [6.45, 7) is 1.08. The lowest BCUT2D eigenvalue weighted by Gasteiger charge is -2.33. The Hall–Kier alpha value is -0.960. The molecule has 0 aliphatic carbocycles. The van der Waals surface area contributed by atoms with Crippen LogP contribution in [0, 0.1) is 16.7 Å². The molecule has 0 aromatic carbocycles. The summed E-state index contributed by atoms with van der Waals surface area (Å²) in [5, 5.41) is 21.8. The summed E-state index contributed by atoms with van der Waals surface area (Å²) in [4.78, 5) is 4.06. The van der Waals surface area contributed by atoms with Gasteiger partial charge in [0.25, 0.3) is 0 Å². The van der Waals surface area contributed by atoms with E-state index < -0.39 is 11.5 Å². The normalized spacial score (nSPS) is 21.9. The number of nitriles is 1. The molecule has 15 heavy (non-hydrogen) atoms. The van der Waals surface area contributed by atoms with Crippen LogP contribution in [-0.4, -0.2) is 23.3 Å². The molecule has 80 valence electrons. The lowest BCUT2D eigenvalue weighted by atomic mass is 9.77. The number of hydrogen-bond donors (Lipinski definition) is 1. The molecule has 1 aromatic rings. The van der Waals surface area contributed by atoms with Crippen LogP contribution in [0.2, 0.25) is 0 Å². The van der Waals surface area contributed by atoms with E-state index in [4.69, 9.17) is 4.74 Å². The Morgan fingerprint density at radius 2 is 2.33 bits per heavy atom. The summed E-state index contributed by atoms with van der Waals surface area (Å²) in [6, 6.07) is 2.24. The first-order valence-corrected chi connectivity index (χ1v) is 5.73. The fraction of sp³-hybridized carbons (Fsp3) is 0.600. The van der Waals surface area contributed by atoms with Crippen molar-refractivity contribution in [2.75, 3.05) is 13.2 Å². The Labute approximate surface area is 92.1 Å². The van der Waals surface area contributed by atoms with Gasteiger partial charge in [0.15, 0.2) is 0 Å². The van der Waals surface area contributed by atoms with E-state index in [0.717, 1.165) is 0 Å². The van der Waals surface area contributed by atoms with E-state index in [2.05, 4.69) is 11.1 Å². The first kappa shape index (κ1) is 10.6. The number of rotatable bonds is 2. The van der Waals surface area contributed by atoms with Gasteiger partial charge in [0.05, 0.1) is 11.5 Å². The number of aliphatic hydroxyl groups excluding tert-OH is 1. The summed E-state index contributed by atoms with van der Waals surface area (Å²) < 4.78 is 5.21. The quantitative estimate of drug-likeness (QED) is 0.826. The van der Waals surface area contributed by atoms with Gasteiger partial charge in [-0.2, -0.15) is 5.26 Å². The highest BCUT2D eigenvalue weighted by Gasteiger charge is 2.41. The molecule has 4 nitrogen and oxygen atoms in total. The number of nitrogens with zero attached hydrogens (tertiary/aromatic N) is 2. The van der Waals surface area contributed by atoms with Crippen LogP contribution in [0.1, 0.15) is 24.0 Å². The van der Waals surface area contributed by atoms with Crippen LogP contribution in [0.25, 0.3) is 0 Å². The highest BCUT2D eigenvalue weighted by atomic mass is 32.1. The molecule has 0 spiro atoms. The maximum absolute atomic E-state index is 10.2. The molecule has 1 fully saturated rings. The zero-order chi connectivity index (χ0) is 10.7. The monoisotopic (exact) mass is 224 g/mol. The van der Waals surface area contributed by atoms with Gasteiger partial charge in [-0.15, -0.1) is 11.3 Å². The molecule has 1 unspecified atom stereocenters. The Bertz CT molecular complexity index is 352. The van der Waals surface area contributed by atoms with Crippen molar-refractivity contribution >= 4 is 11.3 Å². The fourth-order valence-electron chi connectivity index (χ4n) is 1.79. The van der Waals surface area contributed by atoms with Gasteiger partial charge in [0.1, 0.15) is 11.1 Å². The second kappa shape index (κ2) is 4.27. The number of hydrogen-bond acceptors (Lipinski definition) is 5. The van der Waals surface area contributed by atoms with Crippen LogP contribution in [0.15, 0.2) is 11.6 Å². The maximum Gasteiger partial charge on any atom is 0.124 e. The second-order valence-corrected chi connectivity index (χ2v) is 4.58. The van der Waals surface area contributed by atoms with Crippen molar-refractivity contribution in [2.45, 2.75) is 18.9 Å². The predicted octanol–water partition coefficient (Wildman–Crippen LogP) is 1.50. The topological polar surface area (TPSA) is 66.1 Å². The molecule has 0 radical (unpaired) electrons. The van der Waals surface area contributed by atoms with Gasteiger partial charge >= 0.3 is 0 Å². The summed E-state index contributed by atoms with van der Waals surface area (Å²) in [5.74, 6) is 0. The van der Waals surface area contributed by atoms with E-state index in [1.807, 2.05) is 5.38 Å². The van der Waals surface area contributed by atoms with E-state index in [0.29, 0.717) is 31.1 Å². The smallest absolute Gasteiger partial charge is 0.124 e. The van der Waals surface area contributed by atoms with E-state index in [1.54, 1.807) is 6.20 Å². The number of aromatic nitrogens is 1. The van der Waals surface area contributed by atoms with Crippen LogP contribution in [0.4, 0.5) is 0 Å². The van der Waals surface area contributed by atoms with Crippen molar-refractivity contribution in [3.05, 3.63) is 16.6 Å². The first-order valence-electron chi connectivity index (χ1n) is 4.85. The highest BCUT2D eigenvalue weighted by Crippen LogP contribution is 2.42. The lowest BCUT2D eigenvalue weighted by Crippen LogP contribution is -2.34. The van der Waals surface area contributed by atoms with Gasteiger partial charge in [-0.25, -0.2) is 4.98 Å².